The molecule has 0 aliphatic heterocycles. The lowest BCUT2D eigenvalue weighted by atomic mass is 9.85. The molecule has 1 aliphatic carbocycles. The first-order chi connectivity index (χ1) is 16.2. The summed E-state index contributed by atoms with van der Waals surface area (Å²) in [5, 5.41) is 0. The Morgan fingerprint density at radius 2 is 1.09 bits per heavy atom. The second-order valence-electron chi connectivity index (χ2n) is 8.35. The van der Waals surface area contributed by atoms with Crippen molar-refractivity contribution >= 4 is 11.8 Å². The number of amides is 2. The zero-order valence-electron chi connectivity index (χ0n) is 18.1. The van der Waals surface area contributed by atoms with Gasteiger partial charge >= 0.3 is 0 Å². The zero-order chi connectivity index (χ0) is 22.7. The van der Waals surface area contributed by atoms with E-state index in [0.717, 1.165) is 22.3 Å². The Kier molecular flexibility index (Phi) is 5.49. The quantitative estimate of drug-likeness (QED) is 0.430. The number of benzene rings is 4. The van der Waals surface area contributed by atoms with Crippen molar-refractivity contribution in [3.8, 4) is 11.1 Å². The Bertz CT molecular complexity index is 1210. The van der Waals surface area contributed by atoms with Crippen LogP contribution in [-0.4, -0.2) is 11.8 Å². The Morgan fingerprint density at radius 3 is 1.64 bits per heavy atom. The topological polar surface area (TPSA) is 58.2 Å². The van der Waals surface area contributed by atoms with Gasteiger partial charge < -0.3 is 0 Å². The van der Waals surface area contributed by atoms with Crippen molar-refractivity contribution < 1.29 is 9.59 Å². The lowest BCUT2D eigenvalue weighted by molar-refractivity contribution is -0.123. The fraction of sp³-hybridized carbons (Fsp3) is 0.103. The van der Waals surface area contributed by atoms with Crippen LogP contribution in [0.1, 0.15) is 27.9 Å². The maximum atomic E-state index is 13.0. The Morgan fingerprint density at radius 1 is 0.606 bits per heavy atom. The van der Waals surface area contributed by atoms with Gasteiger partial charge in [0.1, 0.15) is 0 Å². The van der Waals surface area contributed by atoms with Gasteiger partial charge in [0.25, 0.3) is 5.91 Å². The van der Waals surface area contributed by atoms with Gasteiger partial charge in [-0.3, -0.25) is 20.4 Å². The van der Waals surface area contributed by atoms with Crippen molar-refractivity contribution in [3.05, 3.63) is 132 Å². The van der Waals surface area contributed by atoms with Crippen LogP contribution in [0.5, 0.6) is 0 Å². The van der Waals surface area contributed by atoms with Crippen LogP contribution in [0.2, 0.25) is 0 Å². The molecule has 33 heavy (non-hydrogen) atoms. The molecule has 4 aromatic carbocycles. The lowest BCUT2D eigenvalue weighted by Gasteiger charge is -2.19. The number of rotatable bonds is 5. The Balaban J connectivity index is 1.27. The Labute approximate surface area is 193 Å². The predicted molar refractivity (Wildman–Crippen MR) is 129 cm³/mol. The number of hydrazine groups is 1. The summed E-state index contributed by atoms with van der Waals surface area (Å²) in [6.07, 6.45) is 0.703. The fourth-order valence-corrected chi connectivity index (χ4v) is 4.58. The van der Waals surface area contributed by atoms with Crippen LogP contribution in [0.3, 0.4) is 0 Å². The third-order valence-corrected chi connectivity index (χ3v) is 6.41. The molecule has 4 heteroatoms. The normalized spacial score (nSPS) is 15.9. The highest BCUT2D eigenvalue weighted by molar-refractivity contribution is 5.96. The van der Waals surface area contributed by atoms with Gasteiger partial charge in [0.2, 0.25) is 5.91 Å². The molecule has 1 aliphatic rings. The second kappa shape index (κ2) is 8.75. The van der Waals surface area contributed by atoms with Crippen LogP contribution < -0.4 is 10.9 Å². The van der Waals surface area contributed by atoms with Crippen molar-refractivity contribution in [1.29, 1.82) is 0 Å². The minimum Gasteiger partial charge on any atom is -0.273 e. The van der Waals surface area contributed by atoms with Gasteiger partial charge in [-0.05, 0) is 40.8 Å². The van der Waals surface area contributed by atoms with E-state index in [2.05, 4.69) is 35.1 Å². The fourth-order valence-electron chi connectivity index (χ4n) is 4.58. The van der Waals surface area contributed by atoms with Gasteiger partial charge in [0, 0.05) is 11.0 Å². The standard InChI is InChI=1S/C29H24N2O2/c32-27(23-18-16-22(17-19-23)21-10-4-1-5-11-21)30-31-28(33)26-20-29(26,24-12-6-2-7-13-24)25-14-8-3-9-15-25/h1-19,26H,20H2,(H,30,32)(H,31,33)/t26-/m1/s1. The van der Waals surface area contributed by atoms with E-state index < -0.39 is 0 Å². The average molecular weight is 433 g/mol. The van der Waals surface area contributed by atoms with E-state index in [1.165, 1.54) is 0 Å². The van der Waals surface area contributed by atoms with Gasteiger partial charge in [0.05, 0.1) is 5.92 Å². The van der Waals surface area contributed by atoms with E-state index in [4.69, 9.17) is 0 Å². The monoisotopic (exact) mass is 432 g/mol. The third-order valence-electron chi connectivity index (χ3n) is 6.41. The average Bonchev–Trinajstić information content (AvgIpc) is 3.66. The number of carbonyl (C=O) groups excluding carboxylic acids is 2. The first kappa shape index (κ1) is 20.7. The molecule has 5 rings (SSSR count). The van der Waals surface area contributed by atoms with Crippen molar-refractivity contribution in [3.63, 3.8) is 0 Å². The van der Waals surface area contributed by atoms with Gasteiger partial charge in [-0.25, -0.2) is 0 Å². The van der Waals surface area contributed by atoms with E-state index in [1.807, 2.05) is 78.9 Å². The highest BCUT2D eigenvalue weighted by Crippen LogP contribution is 2.58. The predicted octanol–water partition coefficient (Wildman–Crippen LogP) is 5.12. The van der Waals surface area contributed by atoms with Crippen molar-refractivity contribution in [2.45, 2.75) is 11.8 Å². The highest BCUT2D eigenvalue weighted by atomic mass is 16.2. The molecular weight excluding hydrogens is 408 g/mol. The minimum absolute atomic E-state index is 0.183. The summed E-state index contributed by atoms with van der Waals surface area (Å²) in [6.45, 7) is 0. The number of hydrogen-bond donors (Lipinski definition) is 2. The molecule has 4 aromatic rings. The molecule has 1 saturated carbocycles. The summed E-state index contributed by atoms with van der Waals surface area (Å²) >= 11 is 0. The van der Waals surface area contributed by atoms with Crippen molar-refractivity contribution in [1.82, 2.24) is 10.9 Å². The van der Waals surface area contributed by atoms with E-state index in [1.54, 1.807) is 12.1 Å². The van der Waals surface area contributed by atoms with Crippen LogP contribution in [0.15, 0.2) is 115 Å². The molecule has 2 amide bonds. The maximum absolute atomic E-state index is 13.0. The lowest BCUT2D eigenvalue weighted by Crippen LogP contribution is -2.43. The molecule has 0 heterocycles. The highest BCUT2D eigenvalue weighted by Gasteiger charge is 2.60. The molecule has 4 nitrogen and oxygen atoms in total. The van der Waals surface area contributed by atoms with Crippen LogP contribution in [-0.2, 0) is 10.2 Å². The summed E-state index contributed by atoms with van der Waals surface area (Å²) in [5.41, 5.74) is 9.69. The molecule has 0 saturated heterocycles. The van der Waals surface area contributed by atoms with Crippen LogP contribution in [0, 0.1) is 5.92 Å². The van der Waals surface area contributed by atoms with Gasteiger partial charge in [-0.15, -0.1) is 0 Å². The van der Waals surface area contributed by atoms with E-state index >= 15 is 0 Å². The molecule has 0 unspecified atom stereocenters. The molecule has 0 spiro atoms. The molecule has 1 atom stereocenters. The summed E-state index contributed by atoms with van der Waals surface area (Å²) in [6, 6.07) is 37.5. The molecule has 0 radical (unpaired) electrons. The minimum atomic E-state index is -0.366. The molecule has 0 aromatic heterocycles. The number of carbonyl (C=O) groups is 2. The van der Waals surface area contributed by atoms with Crippen LogP contribution >= 0.6 is 0 Å². The van der Waals surface area contributed by atoms with Crippen molar-refractivity contribution in [2.24, 2.45) is 5.92 Å². The molecule has 162 valence electrons. The van der Waals surface area contributed by atoms with Gasteiger partial charge in [0.15, 0.2) is 0 Å². The van der Waals surface area contributed by atoms with Gasteiger partial charge in [-0.1, -0.05) is 103 Å². The second-order valence-corrected chi connectivity index (χ2v) is 8.35. The zero-order valence-corrected chi connectivity index (χ0v) is 18.1. The first-order valence-electron chi connectivity index (χ1n) is 11.1. The SMILES string of the molecule is O=C(NNC(=O)[C@H]1CC1(c1ccccc1)c1ccccc1)c1ccc(-c2ccccc2)cc1. The van der Waals surface area contributed by atoms with Crippen molar-refractivity contribution in [2.75, 3.05) is 0 Å². The summed E-state index contributed by atoms with van der Waals surface area (Å²) in [7, 11) is 0. The van der Waals surface area contributed by atoms with E-state index in [9.17, 15) is 9.59 Å². The van der Waals surface area contributed by atoms with E-state index in [0.29, 0.717) is 12.0 Å². The molecule has 0 bridgehead atoms. The summed E-state index contributed by atoms with van der Waals surface area (Å²) in [5.74, 6) is -0.770. The Hall–Kier alpha value is -4.18. The smallest absolute Gasteiger partial charge is 0.269 e. The molecule has 1 fully saturated rings. The largest absolute Gasteiger partial charge is 0.273 e. The van der Waals surface area contributed by atoms with Crippen LogP contribution in [0.4, 0.5) is 0 Å². The number of nitrogens with one attached hydrogen (secondary N) is 2. The molecule has 2 N–H and O–H groups in total. The van der Waals surface area contributed by atoms with Gasteiger partial charge in [-0.2, -0.15) is 0 Å². The number of hydrogen-bond acceptors (Lipinski definition) is 2. The summed E-state index contributed by atoms with van der Waals surface area (Å²) in [4.78, 5) is 25.6. The third kappa shape index (κ3) is 4.03. The van der Waals surface area contributed by atoms with E-state index in [-0.39, 0.29) is 23.1 Å². The maximum Gasteiger partial charge on any atom is 0.269 e. The first-order valence-corrected chi connectivity index (χ1v) is 11.1. The molecular formula is C29H24N2O2. The van der Waals surface area contributed by atoms with Crippen LogP contribution in [0.25, 0.3) is 11.1 Å². The summed E-state index contributed by atoms with van der Waals surface area (Å²) < 4.78 is 0.